The highest BCUT2D eigenvalue weighted by Gasteiger charge is 2.28. The molecule has 0 saturated carbocycles. The lowest BCUT2D eigenvalue weighted by Crippen LogP contribution is -2.53. The van der Waals surface area contributed by atoms with E-state index >= 15 is 0 Å². The molecule has 0 aliphatic carbocycles. The first-order valence-electron chi connectivity index (χ1n) is 24.7. The lowest BCUT2D eigenvalue weighted by atomic mass is 9.99. The fraction of sp³-hybridized carbons (Fsp3) is 0.900. The van der Waals surface area contributed by atoms with E-state index in [0.717, 1.165) is 44.9 Å². The molecule has 0 radical (unpaired) electrons. The number of nitrogens with one attached hydrogen (secondary N) is 1. The van der Waals surface area contributed by atoms with E-state index in [4.69, 9.17) is 0 Å². The Labute approximate surface area is 348 Å². The van der Waals surface area contributed by atoms with Crippen molar-refractivity contribution in [3.05, 3.63) is 24.3 Å². The van der Waals surface area contributed by atoms with Crippen molar-refractivity contribution >= 4 is 5.91 Å². The van der Waals surface area contributed by atoms with Crippen molar-refractivity contribution in [1.82, 2.24) is 5.32 Å². The normalized spacial score (nSPS) is 14.2. The van der Waals surface area contributed by atoms with E-state index in [2.05, 4.69) is 43.5 Å². The highest BCUT2D eigenvalue weighted by molar-refractivity contribution is 5.80. The van der Waals surface area contributed by atoms with Crippen molar-refractivity contribution in [2.75, 3.05) is 6.61 Å². The molecular formula is C50H97NO5. The first-order valence-corrected chi connectivity index (χ1v) is 24.7. The van der Waals surface area contributed by atoms with Gasteiger partial charge in [-0.2, -0.15) is 0 Å². The fourth-order valence-corrected chi connectivity index (χ4v) is 7.73. The minimum atomic E-state index is -1.26. The van der Waals surface area contributed by atoms with Crippen LogP contribution in [0.1, 0.15) is 258 Å². The highest BCUT2D eigenvalue weighted by atomic mass is 16.3. The second-order valence-corrected chi connectivity index (χ2v) is 17.2. The topological polar surface area (TPSA) is 110 Å². The second-order valence-electron chi connectivity index (χ2n) is 17.2. The number of hydrogen-bond acceptors (Lipinski definition) is 5. The zero-order valence-electron chi connectivity index (χ0n) is 37.4. The number of hydrogen-bond donors (Lipinski definition) is 5. The lowest BCUT2D eigenvalue weighted by molar-refractivity contribution is -0.132. The van der Waals surface area contributed by atoms with Gasteiger partial charge in [-0.25, -0.2) is 0 Å². The third-order valence-corrected chi connectivity index (χ3v) is 11.7. The van der Waals surface area contributed by atoms with E-state index < -0.39 is 36.9 Å². The van der Waals surface area contributed by atoms with Crippen LogP contribution in [0.3, 0.4) is 0 Å². The third-order valence-electron chi connectivity index (χ3n) is 11.7. The van der Waals surface area contributed by atoms with Crippen molar-refractivity contribution in [1.29, 1.82) is 0 Å². The van der Waals surface area contributed by atoms with Gasteiger partial charge in [0.2, 0.25) is 5.91 Å². The first-order chi connectivity index (χ1) is 27.5. The quantitative estimate of drug-likeness (QED) is 0.0312. The molecule has 4 unspecified atom stereocenters. The molecule has 0 spiro atoms. The van der Waals surface area contributed by atoms with Crippen LogP contribution in [-0.4, -0.2) is 57.3 Å². The monoisotopic (exact) mass is 792 g/mol. The number of carbonyl (C=O) groups excluding carboxylic acids is 1. The van der Waals surface area contributed by atoms with E-state index in [0.29, 0.717) is 12.8 Å². The highest BCUT2D eigenvalue weighted by Crippen LogP contribution is 2.17. The molecule has 4 atom stereocenters. The smallest absolute Gasteiger partial charge is 0.249 e. The van der Waals surface area contributed by atoms with Crippen LogP contribution < -0.4 is 5.32 Å². The largest absolute Gasteiger partial charge is 0.394 e. The molecule has 0 fully saturated rings. The molecule has 0 aliphatic rings. The molecule has 56 heavy (non-hydrogen) atoms. The van der Waals surface area contributed by atoms with Crippen LogP contribution >= 0.6 is 0 Å². The van der Waals surface area contributed by atoms with E-state index in [1.807, 2.05) is 0 Å². The summed E-state index contributed by atoms with van der Waals surface area (Å²) in [6.07, 6.45) is 52.4. The summed E-state index contributed by atoms with van der Waals surface area (Å²) < 4.78 is 0. The Kier molecular flexibility index (Phi) is 43.9. The Morgan fingerprint density at radius 3 is 1.12 bits per heavy atom. The standard InChI is InChI=1S/C50H97NO5/c1-3-5-7-9-11-13-15-16-17-18-19-20-21-22-23-24-25-26-27-28-29-30-31-32-33-34-36-38-40-42-44-48(54)50(56)51-46(45-52)49(55)47(53)43-41-39-37-35-14-12-10-8-6-4-2/h19-20,22-23,46-49,52-55H,3-18,21,24-45H2,1-2H3,(H,51,56)/b20-19-,23-22-. The predicted octanol–water partition coefficient (Wildman–Crippen LogP) is 13.5. The summed E-state index contributed by atoms with van der Waals surface area (Å²) >= 11 is 0. The zero-order chi connectivity index (χ0) is 41.0. The number of carbonyl (C=O) groups is 1. The van der Waals surface area contributed by atoms with Crippen molar-refractivity contribution in [3.63, 3.8) is 0 Å². The molecule has 0 aromatic heterocycles. The van der Waals surface area contributed by atoms with E-state index in [1.54, 1.807) is 0 Å². The molecule has 6 nitrogen and oxygen atoms in total. The molecule has 0 rings (SSSR count). The van der Waals surface area contributed by atoms with Gasteiger partial charge in [0.1, 0.15) is 12.2 Å². The molecule has 0 aliphatic heterocycles. The maximum Gasteiger partial charge on any atom is 0.249 e. The third kappa shape index (κ3) is 38.3. The molecule has 0 heterocycles. The van der Waals surface area contributed by atoms with Crippen molar-refractivity contribution in [2.45, 2.75) is 282 Å². The minimum Gasteiger partial charge on any atom is -0.394 e. The maximum absolute atomic E-state index is 12.5. The van der Waals surface area contributed by atoms with Crippen molar-refractivity contribution in [2.24, 2.45) is 0 Å². The Bertz CT molecular complexity index is 847. The van der Waals surface area contributed by atoms with Crippen LogP contribution in [0.5, 0.6) is 0 Å². The summed E-state index contributed by atoms with van der Waals surface area (Å²) in [6.45, 7) is 4.04. The van der Waals surface area contributed by atoms with Gasteiger partial charge in [-0.15, -0.1) is 0 Å². The van der Waals surface area contributed by atoms with Crippen LogP contribution in [-0.2, 0) is 4.79 Å². The van der Waals surface area contributed by atoms with Gasteiger partial charge in [0.05, 0.1) is 18.8 Å². The van der Waals surface area contributed by atoms with Gasteiger partial charge in [-0.05, 0) is 44.9 Å². The Morgan fingerprint density at radius 2 is 0.768 bits per heavy atom. The Morgan fingerprint density at radius 1 is 0.446 bits per heavy atom. The molecule has 6 heteroatoms. The number of aliphatic hydroxyl groups is 4. The fourth-order valence-electron chi connectivity index (χ4n) is 7.73. The van der Waals surface area contributed by atoms with Crippen LogP contribution in [0.4, 0.5) is 0 Å². The number of aliphatic hydroxyl groups excluding tert-OH is 4. The molecule has 0 aromatic rings. The average Bonchev–Trinajstić information content (AvgIpc) is 3.20. The summed E-state index contributed by atoms with van der Waals surface area (Å²) in [5, 5.41) is 43.6. The van der Waals surface area contributed by atoms with Gasteiger partial charge in [-0.1, -0.05) is 237 Å². The van der Waals surface area contributed by atoms with Gasteiger partial charge in [0, 0.05) is 0 Å². The molecule has 0 bridgehead atoms. The van der Waals surface area contributed by atoms with Crippen LogP contribution in [0.2, 0.25) is 0 Å². The molecular weight excluding hydrogens is 695 g/mol. The van der Waals surface area contributed by atoms with E-state index in [1.165, 1.54) is 186 Å². The molecule has 0 aromatic carbocycles. The lowest BCUT2D eigenvalue weighted by Gasteiger charge is -2.27. The SMILES string of the molecule is CCCCCCCCCCC/C=C\C/C=C\CCCCCCCCCCCCCCCCC(O)C(=O)NC(CO)C(O)C(O)CCCCCCCCCCCC. The minimum absolute atomic E-state index is 0.370. The van der Waals surface area contributed by atoms with Gasteiger partial charge >= 0.3 is 0 Å². The van der Waals surface area contributed by atoms with Crippen molar-refractivity contribution < 1.29 is 25.2 Å². The Balaban J connectivity index is 3.58. The molecule has 5 N–H and O–H groups in total. The van der Waals surface area contributed by atoms with Gasteiger partial charge in [-0.3, -0.25) is 4.79 Å². The van der Waals surface area contributed by atoms with Gasteiger partial charge < -0.3 is 25.7 Å². The summed E-state index contributed by atoms with van der Waals surface area (Å²) in [4.78, 5) is 12.5. The first kappa shape index (κ1) is 54.8. The van der Waals surface area contributed by atoms with Crippen LogP contribution in [0.25, 0.3) is 0 Å². The van der Waals surface area contributed by atoms with Crippen molar-refractivity contribution in [3.8, 4) is 0 Å². The summed E-state index contributed by atoms with van der Waals surface area (Å²) in [6, 6.07) is -0.982. The number of rotatable bonds is 45. The number of allylic oxidation sites excluding steroid dienone is 4. The van der Waals surface area contributed by atoms with Gasteiger partial charge in [0.25, 0.3) is 0 Å². The zero-order valence-corrected chi connectivity index (χ0v) is 37.4. The predicted molar refractivity (Wildman–Crippen MR) is 242 cm³/mol. The number of unbranched alkanes of at least 4 members (excludes halogenated alkanes) is 32. The summed E-state index contributed by atoms with van der Waals surface area (Å²) in [7, 11) is 0. The molecule has 1 amide bonds. The number of amides is 1. The maximum atomic E-state index is 12.5. The van der Waals surface area contributed by atoms with Gasteiger partial charge in [0.15, 0.2) is 0 Å². The molecule has 0 saturated heterocycles. The summed E-state index contributed by atoms with van der Waals surface area (Å²) in [5.41, 5.74) is 0. The van der Waals surface area contributed by atoms with E-state index in [-0.39, 0.29) is 0 Å². The van der Waals surface area contributed by atoms with Crippen LogP contribution in [0.15, 0.2) is 24.3 Å². The van der Waals surface area contributed by atoms with Crippen LogP contribution in [0, 0.1) is 0 Å². The average molecular weight is 792 g/mol. The molecule has 332 valence electrons. The second kappa shape index (κ2) is 44.9. The summed E-state index contributed by atoms with van der Waals surface area (Å²) in [5.74, 6) is -0.584. The van der Waals surface area contributed by atoms with E-state index in [9.17, 15) is 25.2 Å². The Hall–Kier alpha value is -1.21.